The number of nitrogens with zero attached hydrogens (tertiary/aromatic N) is 1. The summed E-state index contributed by atoms with van der Waals surface area (Å²) < 4.78 is 5.22. The largest absolute Gasteiger partial charge is 0.504 e. The number of amides is 2. The molecule has 1 fully saturated rings. The van der Waals surface area contributed by atoms with E-state index in [4.69, 9.17) is 17.0 Å². The number of rotatable bonds is 4. The van der Waals surface area contributed by atoms with Gasteiger partial charge in [0.05, 0.1) is 12.0 Å². The standard InChI is InChI=1S/C18H14N2O4S2/c1-24-14-8-7-11(9-13(14)21)10-15-17(23)20(18(25)26-15)19-16(22)12-5-3-2-4-6-12/h2-10,21H,1H3,(H,19,22)/b15-10-. The smallest absolute Gasteiger partial charge is 0.285 e. The molecule has 0 spiro atoms. The Hall–Kier alpha value is -2.84. The number of hydrogen-bond donors (Lipinski definition) is 2. The zero-order valence-corrected chi connectivity index (χ0v) is 15.3. The van der Waals surface area contributed by atoms with Crippen LogP contribution in [0.25, 0.3) is 6.08 Å². The lowest BCUT2D eigenvalue weighted by atomic mass is 10.2. The second-order valence-corrected chi connectivity index (χ2v) is 6.93. The number of phenols is 1. The van der Waals surface area contributed by atoms with E-state index in [9.17, 15) is 14.7 Å². The Morgan fingerprint density at radius 3 is 2.65 bits per heavy atom. The van der Waals surface area contributed by atoms with Crippen LogP contribution < -0.4 is 10.2 Å². The fourth-order valence-corrected chi connectivity index (χ4v) is 3.45. The molecule has 2 aromatic carbocycles. The van der Waals surface area contributed by atoms with Crippen LogP contribution in [0.1, 0.15) is 15.9 Å². The van der Waals surface area contributed by atoms with Crippen molar-refractivity contribution >= 4 is 46.2 Å². The molecule has 2 N–H and O–H groups in total. The van der Waals surface area contributed by atoms with Crippen molar-refractivity contribution in [3.05, 3.63) is 64.6 Å². The Morgan fingerprint density at radius 1 is 1.27 bits per heavy atom. The molecule has 26 heavy (non-hydrogen) atoms. The lowest BCUT2D eigenvalue weighted by molar-refractivity contribution is -0.123. The van der Waals surface area contributed by atoms with Crippen molar-refractivity contribution in [1.82, 2.24) is 10.4 Å². The number of thioether (sulfide) groups is 1. The maximum absolute atomic E-state index is 12.5. The second-order valence-electron chi connectivity index (χ2n) is 5.26. The molecule has 0 aromatic heterocycles. The van der Waals surface area contributed by atoms with Gasteiger partial charge in [-0.2, -0.15) is 5.01 Å². The van der Waals surface area contributed by atoms with E-state index in [1.807, 2.05) is 0 Å². The van der Waals surface area contributed by atoms with Crippen LogP contribution >= 0.6 is 24.0 Å². The molecule has 1 heterocycles. The zero-order valence-electron chi connectivity index (χ0n) is 13.6. The molecule has 0 saturated carbocycles. The van der Waals surface area contributed by atoms with Gasteiger partial charge in [-0.15, -0.1) is 0 Å². The van der Waals surface area contributed by atoms with Crippen LogP contribution in [0.4, 0.5) is 0 Å². The van der Waals surface area contributed by atoms with Gasteiger partial charge < -0.3 is 9.84 Å². The van der Waals surface area contributed by atoms with Crippen molar-refractivity contribution in [2.45, 2.75) is 0 Å². The summed E-state index contributed by atoms with van der Waals surface area (Å²) in [6.07, 6.45) is 1.59. The van der Waals surface area contributed by atoms with Gasteiger partial charge in [0.2, 0.25) is 0 Å². The number of thiocarbonyl (C=S) groups is 1. The highest BCUT2D eigenvalue weighted by Gasteiger charge is 2.33. The van der Waals surface area contributed by atoms with Gasteiger partial charge >= 0.3 is 0 Å². The highest BCUT2D eigenvalue weighted by molar-refractivity contribution is 8.26. The number of methoxy groups -OCH3 is 1. The second kappa shape index (κ2) is 7.59. The highest BCUT2D eigenvalue weighted by atomic mass is 32.2. The Bertz CT molecular complexity index is 913. The number of hydrogen-bond acceptors (Lipinski definition) is 6. The van der Waals surface area contributed by atoms with Crippen LogP contribution in [-0.2, 0) is 4.79 Å². The summed E-state index contributed by atoms with van der Waals surface area (Å²) in [6.45, 7) is 0. The quantitative estimate of drug-likeness (QED) is 0.621. The van der Waals surface area contributed by atoms with E-state index in [0.29, 0.717) is 21.8 Å². The van der Waals surface area contributed by atoms with Crippen molar-refractivity contribution in [3.8, 4) is 11.5 Å². The van der Waals surface area contributed by atoms with Crippen molar-refractivity contribution < 1.29 is 19.4 Å². The molecule has 0 unspecified atom stereocenters. The monoisotopic (exact) mass is 386 g/mol. The number of carbonyl (C=O) groups is 2. The van der Waals surface area contributed by atoms with Crippen LogP contribution in [0.15, 0.2) is 53.4 Å². The number of aromatic hydroxyl groups is 1. The number of ether oxygens (including phenoxy) is 1. The minimum atomic E-state index is -0.431. The molecular weight excluding hydrogens is 372 g/mol. The maximum Gasteiger partial charge on any atom is 0.285 e. The molecule has 3 rings (SSSR count). The van der Waals surface area contributed by atoms with Crippen LogP contribution in [-0.4, -0.2) is 33.4 Å². The molecule has 0 atom stereocenters. The molecular formula is C18H14N2O4S2. The predicted molar refractivity (Wildman–Crippen MR) is 104 cm³/mol. The first-order valence-electron chi connectivity index (χ1n) is 7.50. The average Bonchev–Trinajstić information content (AvgIpc) is 2.90. The van der Waals surface area contributed by atoms with E-state index >= 15 is 0 Å². The van der Waals surface area contributed by atoms with E-state index in [0.717, 1.165) is 16.8 Å². The van der Waals surface area contributed by atoms with Crippen LogP contribution in [0.5, 0.6) is 11.5 Å². The first-order chi connectivity index (χ1) is 12.5. The third-order valence-electron chi connectivity index (χ3n) is 3.54. The number of phenolic OH excluding ortho intramolecular Hbond substituents is 1. The van der Waals surface area contributed by atoms with E-state index < -0.39 is 11.8 Å². The SMILES string of the molecule is COc1ccc(/C=C2\SC(=S)N(NC(=O)c3ccccc3)C2=O)cc1O. The number of nitrogens with one attached hydrogen (secondary N) is 1. The molecule has 2 amide bonds. The van der Waals surface area contributed by atoms with E-state index in [1.54, 1.807) is 48.5 Å². The van der Waals surface area contributed by atoms with Gasteiger partial charge in [-0.25, -0.2) is 0 Å². The Labute approximate surface area is 159 Å². The summed E-state index contributed by atoms with van der Waals surface area (Å²) in [4.78, 5) is 25.1. The summed E-state index contributed by atoms with van der Waals surface area (Å²) in [6, 6.07) is 13.3. The normalized spacial score (nSPS) is 15.4. The van der Waals surface area contributed by atoms with Crippen LogP contribution in [0, 0.1) is 0 Å². The number of carbonyl (C=O) groups excluding carboxylic acids is 2. The van der Waals surface area contributed by atoms with Gasteiger partial charge in [0.15, 0.2) is 15.8 Å². The van der Waals surface area contributed by atoms with Gasteiger partial charge in [-0.05, 0) is 48.1 Å². The van der Waals surface area contributed by atoms with Crippen molar-refractivity contribution in [3.63, 3.8) is 0 Å². The highest BCUT2D eigenvalue weighted by Crippen LogP contribution is 2.33. The van der Waals surface area contributed by atoms with Gasteiger partial charge in [0.1, 0.15) is 0 Å². The molecule has 6 nitrogen and oxygen atoms in total. The van der Waals surface area contributed by atoms with Gasteiger partial charge in [0.25, 0.3) is 11.8 Å². The molecule has 0 bridgehead atoms. The third-order valence-corrected chi connectivity index (χ3v) is 4.85. The fraction of sp³-hybridized carbons (Fsp3) is 0.0556. The molecule has 2 aromatic rings. The molecule has 1 saturated heterocycles. The van der Waals surface area contributed by atoms with Crippen LogP contribution in [0.2, 0.25) is 0 Å². The molecule has 1 aliphatic heterocycles. The van der Waals surface area contributed by atoms with E-state index in [1.165, 1.54) is 13.2 Å². The van der Waals surface area contributed by atoms with Crippen molar-refractivity contribution in [1.29, 1.82) is 0 Å². The van der Waals surface area contributed by atoms with Gasteiger partial charge in [-0.3, -0.25) is 15.0 Å². The first-order valence-corrected chi connectivity index (χ1v) is 8.73. The summed E-state index contributed by atoms with van der Waals surface area (Å²) in [5, 5.41) is 10.9. The third kappa shape index (κ3) is 3.71. The molecule has 8 heteroatoms. The van der Waals surface area contributed by atoms with Crippen molar-refractivity contribution in [2.75, 3.05) is 7.11 Å². The molecule has 0 aliphatic carbocycles. The van der Waals surface area contributed by atoms with Gasteiger partial charge in [-0.1, -0.05) is 36.0 Å². The molecule has 132 valence electrons. The zero-order chi connectivity index (χ0) is 18.7. The first kappa shape index (κ1) is 18.0. The summed E-state index contributed by atoms with van der Waals surface area (Å²) in [5.41, 5.74) is 3.54. The van der Waals surface area contributed by atoms with Crippen molar-refractivity contribution in [2.24, 2.45) is 0 Å². The minimum Gasteiger partial charge on any atom is -0.504 e. The molecule has 0 radical (unpaired) electrons. The van der Waals surface area contributed by atoms with Crippen LogP contribution in [0.3, 0.4) is 0 Å². The van der Waals surface area contributed by atoms with Gasteiger partial charge in [0, 0.05) is 5.56 Å². The van der Waals surface area contributed by atoms with E-state index in [2.05, 4.69) is 5.43 Å². The minimum absolute atomic E-state index is 0.0332. The maximum atomic E-state index is 12.5. The summed E-state index contributed by atoms with van der Waals surface area (Å²) in [7, 11) is 1.45. The average molecular weight is 386 g/mol. The molecule has 1 aliphatic rings. The Balaban J connectivity index is 1.78. The summed E-state index contributed by atoms with van der Waals surface area (Å²) in [5.74, 6) is -0.552. The number of benzene rings is 2. The lowest BCUT2D eigenvalue weighted by Crippen LogP contribution is -2.44. The lowest BCUT2D eigenvalue weighted by Gasteiger charge is -2.15. The topological polar surface area (TPSA) is 78.9 Å². The summed E-state index contributed by atoms with van der Waals surface area (Å²) >= 11 is 6.26. The van der Waals surface area contributed by atoms with E-state index in [-0.39, 0.29) is 10.1 Å². The predicted octanol–water partition coefficient (Wildman–Crippen LogP) is 2.95. The number of hydrazine groups is 1. The Kier molecular flexibility index (Phi) is 5.24. The Morgan fingerprint density at radius 2 is 2.00 bits per heavy atom. The fourth-order valence-electron chi connectivity index (χ4n) is 2.27.